The summed E-state index contributed by atoms with van der Waals surface area (Å²) in [5, 5.41) is 3.02. The second kappa shape index (κ2) is 11.5. The van der Waals surface area contributed by atoms with E-state index in [2.05, 4.69) is 31.1 Å². The van der Waals surface area contributed by atoms with Gasteiger partial charge in [-0.2, -0.15) is 0 Å². The van der Waals surface area contributed by atoms with Crippen LogP contribution in [0.4, 0.5) is 0 Å². The highest BCUT2D eigenvalue weighted by molar-refractivity contribution is 5.86. The molecule has 0 radical (unpaired) electrons. The second-order valence-corrected chi connectivity index (χ2v) is 4.17. The molecule has 0 spiro atoms. The summed E-state index contributed by atoms with van der Waals surface area (Å²) in [5.74, 6) is 0.224. The summed E-state index contributed by atoms with van der Waals surface area (Å²) in [6.45, 7) is 14.0. The molecule has 1 aliphatic rings. The summed E-state index contributed by atoms with van der Waals surface area (Å²) in [6.07, 6.45) is 4.08. The van der Waals surface area contributed by atoms with Gasteiger partial charge in [0.15, 0.2) is 0 Å². The van der Waals surface area contributed by atoms with E-state index in [0.29, 0.717) is 0 Å². The van der Waals surface area contributed by atoms with E-state index in [1.165, 1.54) is 0 Å². The Morgan fingerprint density at radius 1 is 1.22 bits per heavy atom. The van der Waals surface area contributed by atoms with Crippen molar-refractivity contribution in [2.75, 3.05) is 20.1 Å². The average Bonchev–Trinajstić information content (AvgIpc) is 2.82. The van der Waals surface area contributed by atoms with Gasteiger partial charge in [-0.3, -0.25) is 9.69 Å². The number of nitrogens with one attached hydrogen (secondary N) is 1. The van der Waals surface area contributed by atoms with Crippen LogP contribution in [0.5, 0.6) is 0 Å². The van der Waals surface area contributed by atoms with Crippen molar-refractivity contribution >= 4 is 5.91 Å². The molecule has 1 aliphatic heterocycles. The Kier molecular flexibility index (Phi) is 12.6. The van der Waals surface area contributed by atoms with E-state index in [1.54, 1.807) is 0 Å². The van der Waals surface area contributed by atoms with Crippen molar-refractivity contribution < 1.29 is 4.79 Å². The van der Waals surface area contributed by atoms with Crippen LogP contribution < -0.4 is 5.32 Å². The maximum Gasteiger partial charge on any atom is 0.240 e. The van der Waals surface area contributed by atoms with Crippen LogP contribution in [0.25, 0.3) is 0 Å². The summed E-state index contributed by atoms with van der Waals surface area (Å²) in [7, 11) is 2.06. The van der Waals surface area contributed by atoms with Crippen molar-refractivity contribution in [3.8, 4) is 0 Å². The quantitative estimate of drug-likeness (QED) is 0.838. The zero-order valence-corrected chi connectivity index (χ0v) is 13.6. The third kappa shape index (κ3) is 4.97. The van der Waals surface area contributed by atoms with Gasteiger partial charge in [0.1, 0.15) is 0 Å². The largest absolute Gasteiger partial charge is 0.355 e. The van der Waals surface area contributed by atoms with Gasteiger partial charge in [-0.05, 0) is 39.3 Å². The molecular weight excluding hydrogens is 224 g/mol. The summed E-state index contributed by atoms with van der Waals surface area (Å²) in [5.41, 5.74) is -0.213. The minimum atomic E-state index is -0.213. The smallest absolute Gasteiger partial charge is 0.240 e. The van der Waals surface area contributed by atoms with Gasteiger partial charge < -0.3 is 5.32 Å². The lowest BCUT2D eigenvalue weighted by Gasteiger charge is -2.33. The van der Waals surface area contributed by atoms with Crippen LogP contribution in [0.2, 0.25) is 0 Å². The molecule has 0 bridgehead atoms. The zero-order chi connectivity index (χ0) is 14.6. The third-order valence-electron chi connectivity index (χ3n) is 3.36. The van der Waals surface area contributed by atoms with E-state index in [0.717, 1.165) is 38.8 Å². The van der Waals surface area contributed by atoms with Crippen LogP contribution in [0, 0.1) is 0 Å². The molecule has 1 rings (SSSR count). The molecular formula is C15H34N2O. The Morgan fingerprint density at radius 2 is 1.78 bits per heavy atom. The van der Waals surface area contributed by atoms with Crippen molar-refractivity contribution in [3.05, 3.63) is 0 Å². The number of amides is 1. The van der Waals surface area contributed by atoms with Gasteiger partial charge in [-0.1, -0.05) is 41.5 Å². The number of hydrogen-bond donors (Lipinski definition) is 1. The van der Waals surface area contributed by atoms with E-state index in [-0.39, 0.29) is 11.4 Å². The lowest BCUT2D eigenvalue weighted by Crippen LogP contribution is -2.53. The standard InChI is InChI=1S/C11H22N2O.2C2H6/c1-4-8-12-10(14)11(5-2)7-6-9-13(11)3;2*1-2/h4-9H2,1-3H3,(H,12,14);2*1-2H3. The van der Waals surface area contributed by atoms with Crippen molar-refractivity contribution in [1.82, 2.24) is 10.2 Å². The van der Waals surface area contributed by atoms with Crippen molar-refractivity contribution in [3.63, 3.8) is 0 Å². The molecule has 0 aromatic carbocycles. The predicted molar refractivity (Wildman–Crippen MR) is 80.9 cm³/mol. The molecule has 1 fully saturated rings. The number of likely N-dealkylation sites (N-methyl/N-ethyl adjacent to an activating group) is 1. The molecule has 18 heavy (non-hydrogen) atoms. The highest BCUT2D eigenvalue weighted by Crippen LogP contribution is 2.30. The number of nitrogens with zero attached hydrogens (tertiary/aromatic N) is 1. The summed E-state index contributed by atoms with van der Waals surface area (Å²) < 4.78 is 0. The zero-order valence-electron chi connectivity index (χ0n) is 13.6. The Morgan fingerprint density at radius 3 is 2.11 bits per heavy atom. The van der Waals surface area contributed by atoms with Crippen LogP contribution in [0.1, 0.15) is 67.2 Å². The van der Waals surface area contributed by atoms with Gasteiger partial charge in [0.2, 0.25) is 5.91 Å². The normalized spacial score (nSPS) is 22.4. The molecule has 1 N–H and O–H groups in total. The molecule has 1 amide bonds. The van der Waals surface area contributed by atoms with Gasteiger partial charge in [0.05, 0.1) is 5.54 Å². The fourth-order valence-corrected chi connectivity index (χ4v) is 2.31. The Labute approximate surface area is 114 Å². The van der Waals surface area contributed by atoms with Gasteiger partial charge >= 0.3 is 0 Å². The van der Waals surface area contributed by atoms with Crippen LogP contribution in [0.15, 0.2) is 0 Å². The third-order valence-corrected chi connectivity index (χ3v) is 3.36. The minimum absolute atomic E-state index is 0.213. The molecule has 0 aromatic heterocycles. The number of rotatable bonds is 4. The van der Waals surface area contributed by atoms with Crippen molar-refractivity contribution in [1.29, 1.82) is 0 Å². The molecule has 3 heteroatoms. The fourth-order valence-electron chi connectivity index (χ4n) is 2.31. The van der Waals surface area contributed by atoms with Crippen LogP contribution >= 0.6 is 0 Å². The molecule has 3 nitrogen and oxygen atoms in total. The molecule has 1 heterocycles. The Balaban J connectivity index is 0. The van der Waals surface area contributed by atoms with Gasteiger partial charge in [-0.15, -0.1) is 0 Å². The first-order chi connectivity index (χ1) is 8.67. The van der Waals surface area contributed by atoms with E-state index in [9.17, 15) is 4.79 Å². The highest BCUT2D eigenvalue weighted by atomic mass is 16.2. The first-order valence-corrected chi connectivity index (χ1v) is 7.67. The molecule has 0 aromatic rings. The fraction of sp³-hybridized carbons (Fsp3) is 0.933. The highest BCUT2D eigenvalue weighted by Gasteiger charge is 2.43. The Hall–Kier alpha value is -0.570. The van der Waals surface area contributed by atoms with Gasteiger partial charge in [-0.25, -0.2) is 0 Å². The molecule has 0 saturated carbocycles. The first-order valence-electron chi connectivity index (χ1n) is 7.67. The maximum atomic E-state index is 12.0. The predicted octanol–water partition coefficient (Wildman–Crippen LogP) is 3.44. The Bertz CT molecular complexity index is 207. The maximum absolute atomic E-state index is 12.0. The van der Waals surface area contributed by atoms with E-state index in [1.807, 2.05) is 27.7 Å². The molecule has 110 valence electrons. The number of carbonyl (C=O) groups excluding carboxylic acids is 1. The first kappa shape index (κ1) is 19.8. The van der Waals surface area contributed by atoms with E-state index in [4.69, 9.17) is 0 Å². The van der Waals surface area contributed by atoms with Crippen LogP contribution in [-0.2, 0) is 4.79 Å². The summed E-state index contributed by atoms with van der Waals surface area (Å²) in [4.78, 5) is 14.2. The van der Waals surface area contributed by atoms with Gasteiger partial charge in [0.25, 0.3) is 0 Å². The molecule has 1 atom stereocenters. The van der Waals surface area contributed by atoms with Crippen molar-refractivity contribution in [2.24, 2.45) is 0 Å². The summed E-state index contributed by atoms with van der Waals surface area (Å²) in [6, 6.07) is 0. The average molecular weight is 258 g/mol. The molecule has 1 saturated heterocycles. The lowest BCUT2D eigenvalue weighted by molar-refractivity contribution is -0.131. The molecule has 1 unspecified atom stereocenters. The lowest BCUT2D eigenvalue weighted by atomic mass is 9.92. The van der Waals surface area contributed by atoms with Crippen LogP contribution in [0.3, 0.4) is 0 Å². The molecule has 0 aliphatic carbocycles. The van der Waals surface area contributed by atoms with E-state index < -0.39 is 0 Å². The van der Waals surface area contributed by atoms with Crippen LogP contribution in [-0.4, -0.2) is 36.5 Å². The van der Waals surface area contributed by atoms with E-state index >= 15 is 0 Å². The monoisotopic (exact) mass is 258 g/mol. The number of likely N-dealkylation sites (tertiary alicyclic amines) is 1. The SMILES string of the molecule is CC.CC.CCCNC(=O)C1(CC)CCCN1C. The topological polar surface area (TPSA) is 32.3 Å². The van der Waals surface area contributed by atoms with Gasteiger partial charge in [0, 0.05) is 6.54 Å². The summed E-state index contributed by atoms with van der Waals surface area (Å²) >= 11 is 0. The minimum Gasteiger partial charge on any atom is -0.355 e. The second-order valence-electron chi connectivity index (χ2n) is 4.17. The van der Waals surface area contributed by atoms with Crippen molar-refractivity contribution in [2.45, 2.75) is 72.8 Å². The number of carbonyl (C=O) groups is 1. The number of hydrogen-bond acceptors (Lipinski definition) is 2.